The Morgan fingerprint density at radius 2 is 1.81 bits per heavy atom. The Morgan fingerprint density at radius 1 is 1.12 bits per heavy atom. The van der Waals surface area contributed by atoms with Gasteiger partial charge >= 0.3 is 5.97 Å². The molecule has 1 saturated carbocycles. The zero-order valence-electron chi connectivity index (χ0n) is 16.6. The van der Waals surface area contributed by atoms with Gasteiger partial charge in [-0.3, -0.25) is 9.59 Å². The van der Waals surface area contributed by atoms with Gasteiger partial charge in [0, 0.05) is 25.2 Å². The second-order valence-corrected chi connectivity index (χ2v) is 7.38. The molecule has 0 aliphatic heterocycles. The van der Waals surface area contributed by atoms with Gasteiger partial charge in [-0.05, 0) is 19.3 Å². The summed E-state index contributed by atoms with van der Waals surface area (Å²) in [6, 6.07) is 0. The SMILES string of the molecule is CCCCCCC#C[C@H]1[C@H](O)CC(=O)[C@@H]1CCCCCCCC(=O)OC. The van der Waals surface area contributed by atoms with E-state index in [0.29, 0.717) is 6.42 Å². The highest BCUT2D eigenvalue weighted by molar-refractivity contribution is 5.84. The lowest BCUT2D eigenvalue weighted by Crippen LogP contribution is -2.19. The second-order valence-electron chi connectivity index (χ2n) is 7.38. The van der Waals surface area contributed by atoms with Crippen LogP contribution in [0.25, 0.3) is 0 Å². The monoisotopic (exact) mass is 364 g/mol. The lowest BCUT2D eigenvalue weighted by molar-refractivity contribution is -0.140. The van der Waals surface area contributed by atoms with E-state index in [1.54, 1.807) is 0 Å². The van der Waals surface area contributed by atoms with Crippen LogP contribution in [0, 0.1) is 23.7 Å². The molecule has 0 aromatic carbocycles. The molecule has 4 heteroatoms. The number of rotatable bonds is 12. The van der Waals surface area contributed by atoms with E-state index < -0.39 is 6.10 Å². The van der Waals surface area contributed by atoms with Crippen LogP contribution >= 0.6 is 0 Å². The quantitative estimate of drug-likeness (QED) is 0.316. The van der Waals surface area contributed by atoms with Crippen LogP contribution in [-0.4, -0.2) is 30.1 Å². The summed E-state index contributed by atoms with van der Waals surface area (Å²) < 4.78 is 4.63. The molecule has 0 amide bonds. The number of methoxy groups -OCH3 is 1. The molecule has 0 unspecified atom stereocenters. The first-order valence-electron chi connectivity index (χ1n) is 10.4. The molecule has 1 fully saturated rings. The molecule has 148 valence electrons. The third-order valence-corrected chi connectivity index (χ3v) is 5.22. The Kier molecular flexibility index (Phi) is 12.1. The molecule has 4 nitrogen and oxygen atoms in total. The van der Waals surface area contributed by atoms with Crippen molar-refractivity contribution in [1.82, 2.24) is 0 Å². The van der Waals surface area contributed by atoms with Gasteiger partial charge in [0.05, 0.1) is 19.1 Å². The molecule has 0 spiro atoms. The number of aliphatic hydroxyl groups is 1. The molecule has 0 heterocycles. The Balaban J connectivity index is 2.26. The highest BCUT2D eigenvalue weighted by Crippen LogP contribution is 2.33. The Labute approximate surface area is 159 Å². The van der Waals surface area contributed by atoms with E-state index in [-0.39, 0.29) is 30.0 Å². The van der Waals surface area contributed by atoms with E-state index in [9.17, 15) is 14.7 Å². The van der Waals surface area contributed by atoms with Crippen molar-refractivity contribution in [3.8, 4) is 11.8 Å². The van der Waals surface area contributed by atoms with Crippen molar-refractivity contribution in [1.29, 1.82) is 0 Å². The van der Waals surface area contributed by atoms with E-state index in [0.717, 1.165) is 51.4 Å². The fourth-order valence-electron chi connectivity index (χ4n) is 3.59. The minimum atomic E-state index is -0.587. The lowest BCUT2D eigenvalue weighted by Gasteiger charge is -2.15. The summed E-state index contributed by atoms with van der Waals surface area (Å²) in [7, 11) is 1.42. The van der Waals surface area contributed by atoms with E-state index in [1.807, 2.05) is 0 Å². The van der Waals surface area contributed by atoms with Crippen molar-refractivity contribution >= 4 is 11.8 Å². The topological polar surface area (TPSA) is 63.6 Å². The molecule has 1 aliphatic carbocycles. The summed E-state index contributed by atoms with van der Waals surface area (Å²) in [4.78, 5) is 23.2. The van der Waals surface area contributed by atoms with Gasteiger partial charge in [-0.1, -0.05) is 57.8 Å². The van der Waals surface area contributed by atoms with Gasteiger partial charge in [-0.2, -0.15) is 0 Å². The van der Waals surface area contributed by atoms with Crippen molar-refractivity contribution in [2.75, 3.05) is 7.11 Å². The number of hydrogen-bond donors (Lipinski definition) is 1. The Morgan fingerprint density at radius 3 is 2.54 bits per heavy atom. The zero-order valence-corrected chi connectivity index (χ0v) is 16.6. The molecular weight excluding hydrogens is 328 g/mol. The highest BCUT2D eigenvalue weighted by atomic mass is 16.5. The van der Waals surface area contributed by atoms with E-state index in [2.05, 4.69) is 23.5 Å². The Bertz CT molecular complexity index is 474. The van der Waals surface area contributed by atoms with E-state index in [4.69, 9.17) is 0 Å². The number of ether oxygens (including phenoxy) is 1. The first-order chi connectivity index (χ1) is 12.6. The second kappa shape index (κ2) is 13.8. The minimum absolute atomic E-state index is 0.0942. The maximum atomic E-state index is 12.2. The van der Waals surface area contributed by atoms with Crippen LogP contribution in [0.4, 0.5) is 0 Å². The molecule has 1 aliphatic rings. The van der Waals surface area contributed by atoms with Crippen molar-refractivity contribution < 1.29 is 19.4 Å². The fraction of sp³-hybridized carbons (Fsp3) is 0.818. The first kappa shape index (κ1) is 22.7. The summed E-state index contributed by atoms with van der Waals surface area (Å²) in [6.45, 7) is 2.19. The van der Waals surface area contributed by atoms with Crippen molar-refractivity contribution in [3.05, 3.63) is 0 Å². The van der Waals surface area contributed by atoms with Gasteiger partial charge < -0.3 is 9.84 Å². The Hall–Kier alpha value is -1.34. The summed E-state index contributed by atoms with van der Waals surface area (Å²) in [5.74, 6) is 6.15. The molecule has 0 bridgehead atoms. The van der Waals surface area contributed by atoms with Crippen molar-refractivity contribution in [2.24, 2.45) is 11.8 Å². The van der Waals surface area contributed by atoms with Gasteiger partial charge in [0.25, 0.3) is 0 Å². The average molecular weight is 365 g/mol. The van der Waals surface area contributed by atoms with Crippen LogP contribution in [0.3, 0.4) is 0 Å². The van der Waals surface area contributed by atoms with E-state index >= 15 is 0 Å². The molecule has 1 N–H and O–H groups in total. The van der Waals surface area contributed by atoms with Gasteiger partial charge in [0.2, 0.25) is 0 Å². The summed E-state index contributed by atoms with van der Waals surface area (Å²) in [6.07, 6.45) is 11.6. The third-order valence-electron chi connectivity index (χ3n) is 5.22. The number of unbranched alkanes of at least 4 members (excludes halogenated alkanes) is 8. The average Bonchev–Trinajstić information content (AvgIpc) is 2.90. The number of Topliss-reactive ketones (excluding diaryl/α,β-unsaturated/α-hetero) is 1. The van der Waals surface area contributed by atoms with Gasteiger partial charge in [0.15, 0.2) is 0 Å². The first-order valence-corrected chi connectivity index (χ1v) is 10.4. The number of aliphatic hydroxyl groups excluding tert-OH is 1. The third kappa shape index (κ3) is 8.85. The highest BCUT2D eigenvalue weighted by Gasteiger charge is 2.39. The molecule has 0 aromatic heterocycles. The maximum absolute atomic E-state index is 12.2. The summed E-state index contributed by atoms with van der Waals surface area (Å²) in [5.41, 5.74) is 0. The normalized spacial score (nSPS) is 22.1. The molecule has 3 atom stereocenters. The number of ketones is 1. The zero-order chi connectivity index (χ0) is 19.2. The fourth-order valence-corrected chi connectivity index (χ4v) is 3.59. The van der Waals surface area contributed by atoms with Crippen LogP contribution in [0.5, 0.6) is 0 Å². The number of esters is 1. The van der Waals surface area contributed by atoms with Crippen LogP contribution in [0.1, 0.15) is 90.4 Å². The molecule has 0 radical (unpaired) electrons. The van der Waals surface area contributed by atoms with Crippen molar-refractivity contribution in [3.63, 3.8) is 0 Å². The van der Waals surface area contributed by atoms with Crippen LogP contribution < -0.4 is 0 Å². The summed E-state index contributed by atoms with van der Waals surface area (Å²) >= 11 is 0. The number of carbonyl (C=O) groups is 2. The molecular formula is C22H36O4. The lowest BCUT2D eigenvalue weighted by atomic mass is 9.89. The molecule has 26 heavy (non-hydrogen) atoms. The molecule has 0 aromatic rings. The smallest absolute Gasteiger partial charge is 0.305 e. The minimum Gasteiger partial charge on any atom is -0.469 e. The number of hydrogen-bond acceptors (Lipinski definition) is 4. The number of carbonyl (C=O) groups excluding carboxylic acids is 2. The van der Waals surface area contributed by atoms with Crippen molar-refractivity contribution in [2.45, 2.75) is 96.5 Å². The largest absolute Gasteiger partial charge is 0.469 e. The summed E-state index contributed by atoms with van der Waals surface area (Å²) in [5, 5.41) is 10.2. The maximum Gasteiger partial charge on any atom is 0.305 e. The van der Waals surface area contributed by atoms with Gasteiger partial charge in [0.1, 0.15) is 5.78 Å². The molecule has 1 rings (SSSR count). The van der Waals surface area contributed by atoms with Crippen LogP contribution in [-0.2, 0) is 14.3 Å². The predicted octanol–water partition coefficient (Wildman–Crippen LogP) is 4.43. The predicted molar refractivity (Wildman–Crippen MR) is 103 cm³/mol. The van der Waals surface area contributed by atoms with Crippen LogP contribution in [0.2, 0.25) is 0 Å². The van der Waals surface area contributed by atoms with Gasteiger partial charge in [-0.25, -0.2) is 0 Å². The molecule has 0 saturated heterocycles. The van der Waals surface area contributed by atoms with E-state index in [1.165, 1.54) is 26.4 Å². The van der Waals surface area contributed by atoms with Gasteiger partial charge in [-0.15, -0.1) is 5.92 Å². The standard InChI is InChI=1S/C22H36O4/c1-3-4-5-6-8-11-14-18-19(21(24)17-20(18)23)15-12-9-7-10-13-16-22(25)26-2/h18-20,23H,3-10,12-13,15-17H2,1-2H3/t18-,19-,20-/m1/s1. The van der Waals surface area contributed by atoms with Crippen LogP contribution in [0.15, 0.2) is 0 Å².